The highest BCUT2D eigenvalue weighted by Gasteiger charge is 2.25. The van der Waals surface area contributed by atoms with Crippen LogP contribution in [0.5, 0.6) is 0 Å². The third kappa shape index (κ3) is 6.08. The van der Waals surface area contributed by atoms with E-state index in [0.29, 0.717) is 11.8 Å². The predicted molar refractivity (Wildman–Crippen MR) is 125 cm³/mol. The first kappa shape index (κ1) is 24.4. The van der Waals surface area contributed by atoms with Gasteiger partial charge in [0.15, 0.2) is 11.0 Å². The summed E-state index contributed by atoms with van der Waals surface area (Å²) in [5.74, 6) is 1.36. The van der Waals surface area contributed by atoms with Gasteiger partial charge in [0.2, 0.25) is 5.91 Å². The average molecular weight is 433 g/mol. The Morgan fingerprint density at radius 3 is 2.33 bits per heavy atom. The number of carbonyl (C=O) groups excluding carboxylic acids is 1. The largest absolute Gasteiger partial charge is 0.331 e. The van der Waals surface area contributed by atoms with Crippen LogP contribution >= 0.6 is 11.8 Å². The smallest absolute Gasteiger partial charge is 0.234 e. The molecule has 0 saturated heterocycles. The monoisotopic (exact) mass is 432 g/mol. The number of quaternary nitrogens is 1. The van der Waals surface area contributed by atoms with Crippen LogP contribution in [0.2, 0.25) is 0 Å². The van der Waals surface area contributed by atoms with Crippen molar-refractivity contribution in [1.82, 2.24) is 14.8 Å². The molecule has 2 rings (SSSR count). The van der Waals surface area contributed by atoms with Gasteiger partial charge in [0.1, 0.15) is 6.04 Å². The van der Waals surface area contributed by atoms with Crippen LogP contribution in [-0.2, 0) is 24.2 Å². The van der Waals surface area contributed by atoms with Gasteiger partial charge in [-0.05, 0) is 30.4 Å². The van der Waals surface area contributed by atoms with Gasteiger partial charge in [0.05, 0.1) is 19.8 Å². The van der Waals surface area contributed by atoms with E-state index in [0.717, 1.165) is 55.3 Å². The maximum atomic E-state index is 12.8. The van der Waals surface area contributed by atoms with Crippen LogP contribution in [0.4, 0.5) is 5.69 Å². The van der Waals surface area contributed by atoms with Crippen LogP contribution in [-0.4, -0.2) is 40.5 Å². The number of benzene rings is 1. The van der Waals surface area contributed by atoms with E-state index in [-0.39, 0.29) is 5.91 Å². The zero-order valence-corrected chi connectivity index (χ0v) is 20.2. The lowest BCUT2D eigenvalue weighted by Gasteiger charge is -2.20. The van der Waals surface area contributed by atoms with Gasteiger partial charge in [-0.15, -0.1) is 10.2 Å². The van der Waals surface area contributed by atoms with E-state index in [4.69, 9.17) is 0 Å². The van der Waals surface area contributed by atoms with Crippen LogP contribution in [0.3, 0.4) is 0 Å². The molecule has 0 spiro atoms. The number of nitrogens with zero attached hydrogens (tertiary/aromatic N) is 3. The van der Waals surface area contributed by atoms with Crippen molar-refractivity contribution >= 4 is 23.4 Å². The fraction of sp³-hybridized carbons (Fsp3) is 0.609. The first-order chi connectivity index (χ1) is 14.5. The molecule has 6 nitrogen and oxygen atoms in total. The SMILES string of the molecule is CCCCn1c(SCC(=O)Nc2c(CC)cccc2CC)nnc1[C@@H](CC)[NH+](C)C. The first-order valence-corrected chi connectivity index (χ1v) is 12.2. The molecule has 1 amide bonds. The van der Waals surface area contributed by atoms with E-state index in [9.17, 15) is 4.79 Å². The minimum Gasteiger partial charge on any atom is -0.331 e. The molecule has 166 valence electrons. The van der Waals surface area contributed by atoms with Crippen molar-refractivity contribution in [2.24, 2.45) is 0 Å². The summed E-state index contributed by atoms with van der Waals surface area (Å²) in [6.07, 6.45) is 4.99. The minimum atomic E-state index is 0.00691. The Morgan fingerprint density at radius 1 is 1.13 bits per heavy atom. The predicted octanol–water partition coefficient (Wildman–Crippen LogP) is 3.53. The van der Waals surface area contributed by atoms with Crippen LogP contribution in [0.15, 0.2) is 23.4 Å². The van der Waals surface area contributed by atoms with Crippen LogP contribution < -0.4 is 10.2 Å². The van der Waals surface area contributed by atoms with Crippen molar-refractivity contribution in [2.45, 2.75) is 77.5 Å². The topological polar surface area (TPSA) is 64.2 Å². The highest BCUT2D eigenvalue weighted by molar-refractivity contribution is 7.99. The third-order valence-corrected chi connectivity index (χ3v) is 6.46. The molecular weight excluding hydrogens is 394 g/mol. The molecule has 0 saturated carbocycles. The standard InChI is InChI=1S/C23H37N5OS/c1-7-11-15-28-22(19(10-4)27(5)6)25-26-23(28)30-16-20(29)24-21-17(8-2)13-12-14-18(21)9-3/h12-14,19H,7-11,15-16H2,1-6H3,(H,24,29)/p+1/t19-/m1/s1. The molecule has 0 bridgehead atoms. The van der Waals surface area contributed by atoms with Gasteiger partial charge >= 0.3 is 0 Å². The Balaban J connectivity index is 2.15. The lowest BCUT2D eigenvalue weighted by atomic mass is 10.0. The van der Waals surface area contributed by atoms with Gasteiger partial charge in [-0.25, -0.2) is 0 Å². The van der Waals surface area contributed by atoms with Crippen molar-refractivity contribution in [1.29, 1.82) is 0 Å². The summed E-state index contributed by atoms with van der Waals surface area (Å²) < 4.78 is 2.22. The number of hydrogen-bond acceptors (Lipinski definition) is 4. The third-order valence-electron chi connectivity index (χ3n) is 5.49. The van der Waals surface area contributed by atoms with E-state index in [1.54, 1.807) is 0 Å². The highest BCUT2D eigenvalue weighted by atomic mass is 32.2. The lowest BCUT2D eigenvalue weighted by molar-refractivity contribution is -0.893. The van der Waals surface area contributed by atoms with Gasteiger partial charge in [-0.1, -0.05) is 64.1 Å². The molecule has 0 aliphatic carbocycles. The Kier molecular flexibility index (Phi) is 9.85. The number of aryl methyl sites for hydroxylation is 2. The van der Waals surface area contributed by atoms with Gasteiger partial charge in [0.25, 0.3) is 0 Å². The summed E-state index contributed by atoms with van der Waals surface area (Å²) in [4.78, 5) is 14.1. The zero-order valence-electron chi connectivity index (χ0n) is 19.4. The van der Waals surface area contributed by atoms with E-state index in [1.807, 2.05) is 0 Å². The van der Waals surface area contributed by atoms with Gasteiger partial charge in [-0.2, -0.15) is 0 Å². The highest BCUT2D eigenvalue weighted by Crippen LogP contribution is 2.25. The summed E-state index contributed by atoms with van der Waals surface area (Å²) in [6, 6.07) is 6.55. The summed E-state index contributed by atoms with van der Waals surface area (Å²) in [7, 11) is 4.31. The number of amides is 1. The quantitative estimate of drug-likeness (QED) is 0.504. The molecule has 1 heterocycles. The molecule has 30 heavy (non-hydrogen) atoms. The number of hydrogen-bond donors (Lipinski definition) is 2. The number of thioether (sulfide) groups is 1. The molecule has 1 aromatic heterocycles. The Hall–Kier alpha value is -1.86. The van der Waals surface area contributed by atoms with E-state index >= 15 is 0 Å². The molecule has 2 aromatic rings. The normalized spacial score (nSPS) is 12.4. The molecule has 2 N–H and O–H groups in total. The lowest BCUT2D eigenvalue weighted by Crippen LogP contribution is -3.06. The fourth-order valence-electron chi connectivity index (χ4n) is 3.75. The maximum Gasteiger partial charge on any atom is 0.234 e. The minimum absolute atomic E-state index is 0.00691. The Bertz CT molecular complexity index is 796. The molecule has 0 fully saturated rings. The van der Waals surface area contributed by atoms with Gasteiger partial charge in [-0.3, -0.25) is 4.79 Å². The average Bonchev–Trinajstić information content (AvgIpc) is 3.13. The van der Waals surface area contributed by atoms with Crippen molar-refractivity contribution < 1.29 is 9.69 Å². The zero-order chi connectivity index (χ0) is 22.1. The molecular formula is C23H38N5OS+. The molecule has 0 aliphatic heterocycles. The van der Waals surface area contributed by atoms with Crippen LogP contribution in [0.1, 0.15) is 70.0 Å². The summed E-state index contributed by atoms with van der Waals surface area (Å²) in [5.41, 5.74) is 3.34. The van der Waals surface area contributed by atoms with Crippen molar-refractivity contribution in [3.05, 3.63) is 35.2 Å². The number of carbonyl (C=O) groups is 1. The summed E-state index contributed by atoms with van der Waals surface area (Å²) >= 11 is 1.48. The second-order valence-corrected chi connectivity index (χ2v) is 8.82. The molecule has 1 aromatic carbocycles. The Labute approximate surface area is 185 Å². The Morgan fingerprint density at radius 2 is 1.80 bits per heavy atom. The van der Waals surface area contributed by atoms with Crippen LogP contribution in [0.25, 0.3) is 0 Å². The second-order valence-electron chi connectivity index (χ2n) is 7.88. The number of anilines is 1. The van der Waals surface area contributed by atoms with Crippen LogP contribution in [0, 0.1) is 0 Å². The molecule has 1 atom stereocenters. The number of unbranched alkanes of at least 4 members (excludes halogenated alkanes) is 1. The molecule has 0 unspecified atom stereocenters. The van der Waals surface area contributed by atoms with Gasteiger partial charge in [0, 0.05) is 18.7 Å². The number of rotatable bonds is 12. The van der Waals surface area contributed by atoms with E-state index in [2.05, 4.69) is 80.1 Å². The first-order valence-electron chi connectivity index (χ1n) is 11.2. The number of nitrogens with one attached hydrogen (secondary N) is 2. The molecule has 0 aliphatic rings. The maximum absolute atomic E-state index is 12.8. The van der Waals surface area contributed by atoms with Crippen molar-refractivity contribution in [2.75, 3.05) is 25.2 Å². The van der Waals surface area contributed by atoms with Crippen molar-refractivity contribution in [3.8, 4) is 0 Å². The van der Waals surface area contributed by atoms with Gasteiger partial charge < -0.3 is 14.8 Å². The number of para-hydroxylation sites is 1. The van der Waals surface area contributed by atoms with E-state index < -0.39 is 0 Å². The molecule has 0 radical (unpaired) electrons. The number of aromatic nitrogens is 3. The summed E-state index contributed by atoms with van der Waals surface area (Å²) in [6.45, 7) is 9.51. The second kappa shape index (κ2) is 12.1. The molecule has 7 heteroatoms. The van der Waals surface area contributed by atoms with Crippen molar-refractivity contribution in [3.63, 3.8) is 0 Å². The fourth-order valence-corrected chi connectivity index (χ4v) is 4.52. The summed E-state index contributed by atoms with van der Waals surface area (Å²) in [5, 5.41) is 13.0. The van der Waals surface area contributed by atoms with E-state index in [1.165, 1.54) is 27.8 Å².